The van der Waals surface area contributed by atoms with Crippen LogP contribution in [0.4, 0.5) is 0 Å². The van der Waals surface area contributed by atoms with Crippen molar-refractivity contribution in [1.82, 2.24) is 4.90 Å². The van der Waals surface area contributed by atoms with E-state index in [0.29, 0.717) is 18.0 Å². The number of allylic oxidation sites excluding steroid dienone is 8. The number of phosphoric ester groups is 1. The maximum absolute atomic E-state index is 11.7. The van der Waals surface area contributed by atoms with Gasteiger partial charge < -0.3 is 19.3 Å². The first-order chi connectivity index (χ1) is 27.8. The van der Waals surface area contributed by atoms with E-state index in [1.54, 1.807) is 0 Å². The van der Waals surface area contributed by atoms with Crippen molar-refractivity contribution in [2.75, 3.05) is 27.3 Å². The Bertz CT molecular complexity index is 1110. The molecule has 0 radical (unpaired) electrons. The summed E-state index contributed by atoms with van der Waals surface area (Å²) < 4.78 is 34.8. The van der Waals surface area contributed by atoms with Crippen molar-refractivity contribution in [1.29, 1.82) is 0 Å². The van der Waals surface area contributed by atoms with Gasteiger partial charge in [-0.05, 0) is 102 Å². The van der Waals surface area contributed by atoms with E-state index >= 15 is 0 Å². The average Bonchev–Trinajstić information content (AvgIpc) is 3.74. The monoisotopic (exact) mass is 818 g/mol. The van der Waals surface area contributed by atoms with Crippen LogP contribution < -0.4 is 0 Å². The van der Waals surface area contributed by atoms with Crippen molar-refractivity contribution in [2.24, 2.45) is 5.41 Å². The number of nitrogens with zero attached hydrogens (tertiary/aromatic N) is 1. The van der Waals surface area contributed by atoms with Gasteiger partial charge in [-0.25, -0.2) is 4.57 Å². The molecule has 7 nitrogen and oxygen atoms in total. The molecule has 1 saturated heterocycles. The molecule has 3 rings (SSSR count). The van der Waals surface area contributed by atoms with Crippen LogP contribution in [0.1, 0.15) is 206 Å². The van der Waals surface area contributed by atoms with Crippen molar-refractivity contribution in [3.05, 3.63) is 48.6 Å². The van der Waals surface area contributed by atoms with Gasteiger partial charge >= 0.3 is 7.82 Å². The van der Waals surface area contributed by atoms with E-state index in [1.807, 2.05) is 7.05 Å². The second-order valence-electron chi connectivity index (χ2n) is 17.8. The lowest BCUT2D eigenvalue weighted by molar-refractivity contribution is -0.281. The van der Waals surface area contributed by atoms with Gasteiger partial charge in [0.1, 0.15) is 0 Å². The molecule has 0 amide bonds. The highest BCUT2D eigenvalue weighted by molar-refractivity contribution is 7.47. The molecule has 1 N–H and O–H groups in total. The summed E-state index contributed by atoms with van der Waals surface area (Å²) in [6.45, 7) is 5.25. The first-order valence-electron chi connectivity index (χ1n) is 23.9. The zero-order valence-electron chi connectivity index (χ0n) is 37.4. The van der Waals surface area contributed by atoms with E-state index in [9.17, 15) is 9.46 Å². The molecule has 1 heterocycles. The van der Waals surface area contributed by atoms with E-state index in [0.717, 1.165) is 38.5 Å². The number of fused-ring (bicyclic) bond motifs is 1. The van der Waals surface area contributed by atoms with Gasteiger partial charge in [0.25, 0.3) is 0 Å². The molecule has 4 atom stereocenters. The first-order valence-corrected chi connectivity index (χ1v) is 25.4. The minimum atomic E-state index is -3.94. The van der Waals surface area contributed by atoms with E-state index in [2.05, 4.69) is 71.9 Å². The van der Waals surface area contributed by atoms with Gasteiger partial charge in [-0.1, -0.05) is 152 Å². The van der Waals surface area contributed by atoms with Gasteiger partial charge in [0.2, 0.25) is 0 Å². The molecule has 1 spiro atoms. The highest BCUT2D eigenvalue weighted by Gasteiger charge is 2.63. The van der Waals surface area contributed by atoms with Crippen LogP contribution in [0.15, 0.2) is 48.6 Å². The number of ether oxygens (including phenoxy) is 2. The fraction of sp³-hybridized carbons (Fsp3) is 0.837. The molecule has 0 aromatic rings. The molecule has 1 unspecified atom stereocenters. The van der Waals surface area contributed by atoms with Crippen LogP contribution in [-0.2, 0) is 23.1 Å². The van der Waals surface area contributed by atoms with E-state index in [-0.39, 0.29) is 24.6 Å². The molecule has 330 valence electrons. The van der Waals surface area contributed by atoms with E-state index in [4.69, 9.17) is 14.0 Å². The fourth-order valence-corrected chi connectivity index (χ4v) is 9.79. The predicted molar refractivity (Wildman–Crippen MR) is 241 cm³/mol. The van der Waals surface area contributed by atoms with Gasteiger partial charge in [-0.2, -0.15) is 0 Å². The summed E-state index contributed by atoms with van der Waals surface area (Å²) in [5, 5.41) is 0. The lowest BCUT2D eigenvalue weighted by atomic mass is 9.59. The van der Waals surface area contributed by atoms with Crippen LogP contribution in [0.3, 0.4) is 0 Å². The third kappa shape index (κ3) is 21.3. The maximum atomic E-state index is 11.7. The van der Waals surface area contributed by atoms with Gasteiger partial charge in [-0.15, -0.1) is 0 Å². The van der Waals surface area contributed by atoms with Crippen LogP contribution in [0.2, 0.25) is 0 Å². The summed E-state index contributed by atoms with van der Waals surface area (Å²) in [4.78, 5) is 11.8. The summed E-state index contributed by atoms with van der Waals surface area (Å²) >= 11 is 0. The molecule has 2 aliphatic carbocycles. The number of rotatable bonds is 36. The van der Waals surface area contributed by atoms with Crippen molar-refractivity contribution in [3.63, 3.8) is 0 Å². The third-order valence-corrected chi connectivity index (χ3v) is 13.8. The minimum Gasteiger partial charge on any atom is -0.344 e. The quantitative estimate of drug-likeness (QED) is 0.0383. The van der Waals surface area contributed by atoms with Crippen molar-refractivity contribution >= 4 is 7.82 Å². The SMILES string of the molecule is CCCCC/C=C\C/C=C\CCCCCCCCC1(CCCCCCCC/C=C\C/C=C\CCCCC)CC2(C1)O[C@H]1C[C@@H](N(C)CCOP(=O)(O)OC)C[C@H]1O2. The number of unbranched alkanes of at least 4 members (excludes halogenated alkanes) is 18. The molecular formula is C49H88NO6P. The smallest absolute Gasteiger partial charge is 0.344 e. The zero-order chi connectivity index (χ0) is 40.9. The molecule has 3 fully saturated rings. The van der Waals surface area contributed by atoms with Crippen LogP contribution in [0.5, 0.6) is 0 Å². The van der Waals surface area contributed by atoms with Crippen LogP contribution in [0, 0.1) is 5.41 Å². The largest absolute Gasteiger partial charge is 0.471 e. The van der Waals surface area contributed by atoms with Crippen LogP contribution >= 0.6 is 7.82 Å². The van der Waals surface area contributed by atoms with Crippen LogP contribution in [-0.4, -0.2) is 61.1 Å². The predicted octanol–water partition coefficient (Wildman–Crippen LogP) is 14.5. The highest BCUT2D eigenvalue weighted by atomic mass is 31.2. The third-order valence-electron chi connectivity index (χ3n) is 12.8. The van der Waals surface area contributed by atoms with Crippen molar-refractivity contribution < 1.29 is 28.0 Å². The van der Waals surface area contributed by atoms with Gasteiger partial charge in [-0.3, -0.25) is 9.05 Å². The average molecular weight is 818 g/mol. The lowest BCUT2D eigenvalue weighted by Crippen LogP contribution is -2.53. The molecule has 0 bridgehead atoms. The number of likely N-dealkylation sites (N-methyl/N-ethyl adjacent to an activating group) is 1. The second kappa shape index (κ2) is 30.1. The molecular weight excluding hydrogens is 730 g/mol. The Balaban J connectivity index is 1.32. The Morgan fingerprint density at radius 1 is 0.632 bits per heavy atom. The summed E-state index contributed by atoms with van der Waals surface area (Å²) in [6.07, 6.45) is 56.9. The van der Waals surface area contributed by atoms with Gasteiger partial charge in [0.05, 0.1) is 18.8 Å². The van der Waals surface area contributed by atoms with E-state index < -0.39 is 7.82 Å². The standard InChI is InChI=1S/C49H88NO6P/c1-5-7-9-11-13-15-17-19-21-23-25-27-29-31-33-35-37-48(38-36-34-32-30-28-26-24-22-20-18-16-14-12-10-8-6-2)43-49(44-48)55-46-41-45(42-47(46)56-49)50(3)39-40-54-57(51,52)53-4/h13-16,19-22,45-47H,5-12,17-18,23-44H2,1-4H3,(H,51,52)/b15-13-,16-14-,21-19-,22-20-/t45-,46+,47-. The number of hydrogen-bond acceptors (Lipinski definition) is 6. The molecule has 0 aromatic carbocycles. The molecule has 0 aromatic heterocycles. The van der Waals surface area contributed by atoms with Gasteiger partial charge in [0.15, 0.2) is 5.79 Å². The lowest BCUT2D eigenvalue weighted by Gasteiger charge is -2.54. The van der Waals surface area contributed by atoms with E-state index in [1.165, 1.54) is 161 Å². The highest BCUT2D eigenvalue weighted by Crippen LogP contribution is 2.61. The molecule has 3 aliphatic rings. The summed E-state index contributed by atoms with van der Waals surface area (Å²) in [6, 6.07) is 0.322. The number of hydrogen-bond donors (Lipinski definition) is 1. The Labute approximate surface area is 351 Å². The molecule has 57 heavy (non-hydrogen) atoms. The zero-order valence-corrected chi connectivity index (χ0v) is 38.3. The molecule has 1 aliphatic heterocycles. The van der Waals surface area contributed by atoms with Crippen molar-refractivity contribution in [2.45, 2.75) is 231 Å². The maximum Gasteiger partial charge on any atom is 0.471 e. The fourth-order valence-electron chi connectivity index (χ4n) is 9.37. The first kappa shape index (κ1) is 50.3. The Morgan fingerprint density at radius 3 is 1.46 bits per heavy atom. The Morgan fingerprint density at radius 2 is 1.04 bits per heavy atom. The van der Waals surface area contributed by atoms with Gasteiger partial charge in [0, 0.05) is 32.5 Å². The van der Waals surface area contributed by atoms with Crippen molar-refractivity contribution in [3.8, 4) is 0 Å². The topological polar surface area (TPSA) is 77.5 Å². The molecule has 8 heteroatoms. The summed E-state index contributed by atoms with van der Waals surface area (Å²) in [5.74, 6) is -0.374. The minimum absolute atomic E-state index is 0.142. The summed E-state index contributed by atoms with van der Waals surface area (Å²) in [7, 11) is -0.700. The summed E-state index contributed by atoms with van der Waals surface area (Å²) in [5.41, 5.74) is 0.371. The second-order valence-corrected chi connectivity index (χ2v) is 19.4. The normalized spacial score (nSPS) is 22.6. The molecule has 2 saturated carbocycles. The number of phosphoric acid groups is 1. The Hall–Kier alpha value is -1.05. The van der Waals surface area contributed by atoms with Crippen LogP contribution in [0.25, 0.3) is 0 Å². The Kier molecular flexibility index (Phi) is 26.5.